The molecule has 1 aromatic rings. The molecule has 0 amide bonds. The monoisotopic (exact) mass is 339 g/mol. The number of benzene rings is 1. The molecule has 0 heterocycles. The van der Waals surface area contributed by atoms with Crippen LogP contribution in [0.1, 0.15) is 39.2 Å². The topological polar surface area (TPSA) is 66.4 Å². The molecule has 1 aromatic carbocycles. The number of aliphatic hydroxyl groups is 1. The molecule has 0 fully saturated rings. The molecule has 0 aliphatic heterocycles. The van der Waals surface area contributed by atoms with Crippen molar-refractivity contribution < 1.29 is 13.5 Å². The van der Waals surface area contributed by atoms with E-state index in [2.05, 4.69) is 4.72 Å². The van der Waals surface area contributed by atoms with Gasteiger partial charge < -0.3 is 5.11 Å². The van der Waals surface area contributed by atoms with Gasteiger partial charge in [-0.15, -0.1) is 0 Å². The summed E-state index contributed by atoms with van der Waals surface area (Å²) < 4.78 is 27.5. The minimum absolute atomic E-state index is 0.00306. The van der Waals surface area contributed by atoms with Crippen LogP contribution in [0.5, 0.6) is 0 Å². The van der Waals surface area contributed by atoms with Crippen LogP contribution < -0.4 is 4.72 Å². The van der Waals surface area contributed by atoms with Gasteiger partial charge in [-0.1, -0.05) is 36.5 Å². The van der Waals surface area contributed by atoms with Crippen LogP contribution in [-0.2, 0) is 16.6 Å². The molecule has 0 aliphatic rings. The molecule has 0 bridgehead atoms. The van der Waals surface area contributed by atoms with Crippen LogP contribution in [0.4, 0.5) is 0 Å². The summed E-state index contributed by atoms with van der Waals surface area (Å²) in [4.78, 5) is -0.111. The van der Waals surface area contributed by atoms with Gasteiger partial charge in [0.15, 0.2) is 0 Å². The van der Waals surface area contributed by atoms with E-state index >= 15 is 0 Å². The lowest BCUT2D eigenvalue weighted by Gasteiger charge is -2.26. The van der Waals surface area contributed by atoms with Crippen molar-refractivity contribution in [3.63, 3.8) is 0 Å². The summed E-state index contributed by atoms with van der Waals surface area (Å²) in [7, 11) is -3.80. The minimum Gasteiger partial charge on any atom is -0.392 e. The minimum atomic E-state index is -3.80. The molecule has 0 spiro atoms. The average Bonchev–Trinajstić information content (AvgIpc) is 2.29. The Morgan fingerprint density at radius 2 is 1.90 bits per heavy atom. The van der Waals surface area contributed by atoms with Crippen LogP contribution >= 0.6 is 23.2 Å². The second-order valence-electron chi connectivity index (χ2n) is 5.27. The highest BCUT2D eigenvalue weighted by molar-refractivity contribution is 7.89. The lowest BCUT2D eigenvalue weighted by atomic mass is 10.0. The average molecular weight is 340 g/mol. The molecular formula is C13H19Cl2NO3S. The lowest BCUT2D eigenvalue weighted by Crippen LogP contribution is -2.43. The third-order valence-corrected chi connectivity index (χ3v) is 5.32. The van der Waals surface area contributed by atoms with Gasteiger partial charge in [0.1, 0.15) is 4.90 Å². The summed E-state index contributed by atoms with van der Waals surface area (Å²) in [6.45, 7) is 5.21. The fourth-order valence-corrected chi connectivity index (χ4v) is 4.39. The first-order valence-electron chi connectivity index (χ1n) is 6.25. The van der Waals surface area contributed by atoms with Crippen LogP contribution in [0, 0.1) is 0 Å². The third kappa shape index (κ3) is 4.33. The Labute approximate surface area is 130 Å². The van der Waals surface area contributed by atoms with Crippen molar-refractivity contribution in [1.29, 1.82) is 0 Å². The van der Waals surface area contributed by atoms with Gasteiger partial charge in [-0.25, -0.2) is 13.1 Å². The summed E-state index contributed by atoms with van der Waals surface area (Å²) in [5, 5.41) is 9.40. The maximum Gasteiger partial charge on any atom is 0.242 e. The molecule has 0 aliphatic carbocycles. The summed E-state index contributed by atoms with van der Waals surface area (Å²) in [5.41, 5.74) is -0.300. The fourth-order valence-electron chi connectivity index (χ4n) is 2.02. The highest BCUT2D eigenvalue weighted by Crippen LogP contribution is 2.30. The van der Waals surface area contributed by atoms with E-state index in [0.717, 1.165) is 6.42 Å². The molecule has 20 heavy (non-hydrogen) atoms. The summed E-state index contributed by atoms with van der Waals surface area (Å²) in [6, 6.07) is 2.73. The van der Waals surface area contributed by atoms with Gasteiger partial charge in [0.25, 0.3) is 0 Å². The smallest absolute Gasteiger partial charge is 0.242 e. The molecule has 0 unspecified atom stereocenters. The first kappa shape index (κ1) is 17.7. The van der Waals surface area contributed by atoms with Gasteiger partial charge in [0, 0.05) is 10.6 Å². The van der Waals surface area contributed by atoms with E-state index in [1.807, 2.05) is 6.92 Å². The number of halogens is 2. The van der Waals surface area contributed by atoms with E-state index in [1.165, 1.54) is 12.1 Å². The molecular weight excluding hydrogens is 321 g/mol. The molecule has 0 atom stereocenters. The molecule has 0 aromatic heterocycles. The van der Waals surface area contributed by atoms with Crippen LogP contribution in [0.15, 0.2) is 17.0 Å². The number of hydrogen-bond donors (Lipinski definition) is 2. The zero-order chi connectivity index (χ0) is 15.6. The Hall–Kier alpha value is -0.330. The van der Waals surface area contributed by atoms with Gasteiger partial charge in [0.2, 0.25) is 10.0 Å². The van der Waals surface area contributed by atoms with Crippen molar-refractivity contribution in [3.8, 4) is 0 Å². The first-order chi connectivity index (χ1) is 9.13. The van der Waals surface area contributed by atoms with Crippen molar-refractivity contribution in [2.75, 3.05) is 0 Å². The maximum absolute atomic E-state index is 12.4. The Morgan fingerprint density at radius 1 is 1.30 bits per heavy atom. The number of rotatable bonds is 6. The molecule has 114 valence electrons. The second-order valence-corrected chi connectivity index (χ2v) is 7.74. The highest BCUT2D eigenvalue weighted by Gasteiger charge is 2.28. The van der Waals surface area contributed by atoms with Crippen LogP contribution in [0.2, 0.25) is 10.0 Å². The summed E-state index contributed by atoms with van der Waals surface area (Å²) >= 11 is 11.9. The molecule has 0 saturated carbocycles. The van der Waals surface area contributed by atoms with Gasteiger partial charge in [-0.05, 0) is 38.0 Å². The van der Waals surface area contributed by atoms with E-state index in [4.69, 9.17) is 23.2 Å². The van der Waals surface area contributed by atoms with Gasteiger partial charge in [0.05, 0.1) is 11.6 Å². The van der Waals surface area contributed by atoms with Gasteiger partial charge in [-0.3, -0.25) is 0 Å². The predicted octanol–water partition coefficient (Wildman–Crippen LogP) is 3.34. The summed E-state index contributed by atoms with van der Waals surface area (Å²) in [5.74, 6) is 0. The quantitative estimate of drug-likeness (QED) is 0.835. The highest BCUT2D eigenvalue weighted by atomic mass is 35.5. The van der Waals surface area contributed by atoms with E-state index in [0.29, 0.717) is 6.42 Å². The van der Waals surface area contributed by atoms with E-state index in [-0.39, 0.29) is 27.1 Å². The van der Waals surface area contributed by atoms with Crippen molar-refractivity contribution in [1.82, 2.24) is 4.72 Å². The summed E-state index contributed by atoms with van der Waals surface area (Å²) in [6.07, 6.45) is 1.54. The van der Waals surface area contributed by atoms with Crippen LogP contribution in [0.3, 0.4) is 0 Å². The molecule has 1 rings (SSSR count). The van der Waals surface area contributed by atoms with Crippen molar-refractivity contribution in [2.45, 2.75) is 50.7 Å². The maximum atomic E-state index is 12.4. The Balaban J connectivity index is 3.26. The van der Waals surface area contributed by atoms with E-state index in [1.54, 1.807) is 13.8 Å². The fraction of sp³-hybridized carbons (Fsp3) is 0.538. The largest absolute Gasteiger partial charge is 0.392 e. The Bertz CT molecular complexity index is 586. The first-order valence-corrected chi connectivity index (χ1v) is 8.49. The second kappa shape index (κ2) is 6.62. The zero-order valence-corrected chi connectivity index (χ0v) is 14.0. The molecule has 7 heteroatoms. The SMILES string of the molecule is CCCC(C)(C)NS(=O)(=O)c1cc(Cl)cc(CO)c1Cl. The number of aliphatic hydroxyl groups excluding tert-OH is 1. The van der Waals surface area contributed by atoms with Crippen LogP contribution in [0.25, 0.3) is 0 Å². The van der Waals surface area contributed by atoms with E-state index < -0.39 is 15.6 Å². The van der Waals surface area contributed by atoms with Crippen LogP contribution in [-0.4, -0.2) is 19.1 Å². The molecule has 4 nitrogen and oxygen atoms in total. The Kier molecular flexibility index (Phi) is 5.87. The normalized spacial score (nSPS) is 12.7. The molecule has 0 saturated heterocycles. The number of nitrogens with one attached hydrogen (secondary N) is 1. The van der Waals surface area contributed by atoms with Crippen molar-refractivity contribution >= 4 is 33.2 Å². The van der Waals surface area contributed by atoms with Gasteiger partial charge >= 0.3 is 0 Å². The Morgan fingerprint density at radius 3 is 2.40 bits per heavy atom. The molecule has 0 radical (unpaired) electrons. The van der Waals surface area contributed by atoms with Crippen molar-refractivity contribution in [3.05, 3.63) is 27.7 Å². The lowest BCUT2D eigenvalue weighted by molar-refractivity contribution is 0.281. The van der Waals surface area contributed by atoms with Gasteiger partial charge in [-0.2, -0.15) is 0 Å². The number of hydrogen-bond acceptors (Lipinski definition) is 3. The standard InChI is InChI=1S/C13H19Cl2NO3S/c1-4-5-13(2,3)16-20(18,19)11-7-10(14)6-9(8-17)12(11)15/h6-7,16-17H,4-5,8H2,1-3H3. The zero-order valence-electron chi connectivity index (χ0n) is 11.7. The number of sulfonamides is 1. The van der Waals surface area contributed by atoms with E-state index in [9.17, 15) is 13.5 Å². The third-order valence-electron chi connectivity index (χ3n) is 2.82. The molecule has 2 N–H and O–H groups in total. The predicted molar refractivity (Wildman–Crippen MR) is 81.7 cm³/mol. The van der Waals surface area contributed by atoms with Crippen molar-refractivity contribution in [2.24, 2.45) is 0 Å².